The van der Waals surface area contributed by atoms with Gasteiger partial charge in [0.15, 0.2) is 0 Å². The molecule has 1 aliphatic rings. The van der Waals surface area contributed by atoms with Crippen LogP contribution in [0.5, 0.6) is 5.75 Å². The van der Waals surface area contributed by atoms with Crippen LogP contribution in [-0.2, 0) is 21.2 Å². The fraction of sp³-hybridized carbons (Fsp3) is 0.350. The lowest BCUT2D eigenvalue weighted by molar-refractivity contribution is -0.120. The van der Waals surface area contributed by atoms with Gasteiger partial charge in [-0.2, -0.15) is 0 Å². The summed E-state index contributed by atoms with van der Waals surface area (Å²) < 4.78 is 31.7. The molecule has 1 aliphatic carbocycles. The maximum Gasteiger partial charge on any atom is 0.241 e. The number of carbonyl (C=O) groups is 1. The third-order valence-corrected chi connectivity index (χ3v) is 6.47. The molecule has 0 heterocycles. The minimum atomic E-state index is -3.60. The van der Waals surface area contributed by atoms with Crippen molar-refractivity contribution in [1.82, 2.24) is 5.32 Å². The second-order valence-electron chi connectivity index (χ2n) is 6.82. The Morgan fingerprint density at radius 2 is 1.96 bits per heavy atom. The van der Waals surface area contributed by atoms with Crippen LogP contribution in [0, 0.1) is 0 Å². The summed E-state index contributed by atoms with van der Waals surface area (Å²) in [5.74, 6) is 0.464. The number of hydrogen-bond donors (Lipinski definition) is 1. The summed E-state index contributed by atoms with van der Waals surface area (Å²) in [4.78, 5) is 12.7. The molecule has 0 radical (unpaired) electrons. The van der Waals surface area contributed by atoms with Gasteiger partial charge in [-0.15, -0.1) is 0 Å². The fourth-order valence-electron chi connectivity index (χ4n) is 3.45. The Hall–Kier alpha value is -2.06. The number of halogens is 1. The number of amides is 1. The van der Waals surface area contributed by atoms with Crippen LogP contribution in [-0.4, -0.2) is 34.2 Å². The first-order chi connectivity index (χ1) is 13.3. The molecule has 6 nitrogen and oxygen atoms in total. The molecular weight excluding hydrogens is 444 g/mol. The monoisotopic (exact) mass is 466 g/mol. The summed E-state index contributed by atoms with van der Waals surface area (Å²) in [5, 5.41) is 3.00. The van der Waals surface area contributed by atoms with Crippen molar-refractivity contribution in [2.45, 2.75) is 25.3 Å². The minimum absolute atomic E-state index is 0.131. The van der Waals surface area contributed by atoms with E-state index in [9.17, 15) is 13.2 Å². The Morgan fingerprint density at radius 1 is 1.25 bits per heavy atom. The maximum atomic E-state index is 12.7. The second-order valence-corrected chi connectivity index (χ2v) is 9.65. The van der Waals surface area contributed by atoms with Crippen LogP contribution in [0.2, 0.25) is 0 Å². The van der Waals surface area contributed by atoms with Crippen molar-refractivity contribution in [2.75, 3.05) is 24.2 Å². The molecule has 3 rings (SSSR count). The van der Waals surface area contributed by atoms with Gasteiger partial charge in [0.05, 0.1) is 25.1 Å². The fourth-order valence-corrected chi connectivity index (χ4v) is 4.57. The molecule has 2 aromatic rings. The molecule has 0 aliphatic heterocycles. The molecule has 0 saturated carbocycles. The van der Waals surface area contributed by atoms with Crippen LogP contribution >= 0.6 is 15.9 Å². The Labute approximate surface area is 174 Å². The predicted molar refractivity (Wildman–Crippen MR) is 113 cm³/mol. The molecule has 1 unspecified atom stereocenters. The highest BCUT2D eigenvalue weighted by Crippen LogP contribution is 2.32. The Balaban J connectivity index is 1.76. The number of nitrogens with one attached hydrogen (secondary N) is 1. The molecule has 1 amide bonds. The molecule has 0 saturated heterocycles. The van der Waals surface area contributed by atoms with Crippen molar-refractivity contribution in [3.05, 3.63) is 58.1 Å². The SMILES string of the molecule is COc1ccc2c(c1)CCCC2NC(=O)CN(c1ccc(Br)cc1)S(C)(=O)=O. The number of ether oxygens (including phenoxy) is 1. The third kappa shape index (κ3) is 4.86. The van der Waals surface area contributed by atoms with Crippen molar-refractivity contribution in [2.24, 2.45) is 0 Å². The molecule has 1 N–H and O–H groups in total. The van der Waals surface area contributed by atoms with Crippen molar-refractivity contribution in [3.63, 3.8) is 0 Å². The first kappa shape index (κ1) is 20.7. The van der Waals surface area contributed by atoms with Gasteiger partial charge in [-0.3, -0.25) is 9.10 Å². The molecule has 0 aromatic heterocycles. The summed E-state index contributed by atoms with van der Waals surface area (Å²) in [7, 11) is -1.96. The summed E-state index contributed by atoms with van der Waals surface area (Å²) in [6.45, 7) is -0.261. The highest BCUT2D eigenvalue weighted by atomic mass is 79.9. The quantitative estimate of drug-likeness (QED) is 0.707. The first-order valence-corrected chi connectivity index (χ1v) is 11.6. The number of sulfonamides is 1. The van der Waals surface area contributed by atoms with Gasteiger partial charge in [0.25, 0.3) is 0 Å². The molecule has 150 valence electrons. The average molecular weight is 467 g/mol. The average Bonchev–Trinajstić information content (AvgIpc) is 2.66. The van der Waals surface area contributed by atoms with Gasteiger partial charge < -0.3 is 10.1 Å². The van der Waals surface area contributed by atoms with Crippen molar-refractivity contribution < 1.29 is 17.9 Å². The summed E-state index contributed by atoms with van der Waals surface area (Å²) >= 11 is 3.33. The van der Waals surface area contributed by atoms with Gasteiger partial charge >= 0.3 is 0 Å². The van der Waals surface area contributed by atoms with Gasteiger partial charge in [-0.25, -0.2) is 8.42 Å². The molecule has 28 heavy (non-hydrogen) atoms. The van der Waals surface area contributed by atoms with Crippen LogP contribution < -0.4 is 14.4 Å². The van der Waals surface area contributed by atoms with Gasteiger partial charge in [0, 0.05) is 4.47 Å². The van der Waals surface area contributed by atoms with E-state index in [0.29, 0.717) is 5.69 Å². The lowest BCUT2D eigenvalue weighted by atomic mass is 9.87. The van der Waals surface area contributed by atoms with E-state index < -0.39 is 10.0 Å². The van der Waals surface area contributed by atoms with Crippen LogP contribution in [0.3, 0.4) is 0 Å². The van der Waals surface area contributed by atoms with Crippen molar-refractivity contribution >= 4 is 37.5 Å². The molecule has 1 atom stereocenters. The second kappa shape index (κ2) is 8.53. The van der Waals surface area contributed by atoms with Crippen LogP contribution in [0.4, 0.5) is 5.69 Å². The highest BCUT2D eigenvalue weighted by Gasteiger charge is 2.25. The Bertz CT molecular complexity index is 961. The van der Waals surface area contributed by atoms with E-state index in [4.69, 9.17) is 4.74 Å². The number of aryl methyl sites for hydroxylation is 1. The van der Waals surface area contributed by atoms with E-state index in [1.807, 2.05) is 18.2 Å². The first-order valence-electron chi connectivity index (χ1n) is 8.97. The summed E-state index contributed by atoms with van der Waals surface area (Å²) in [6.07, 6.45) is 3.81. The normalized spacial score (nSPS) is 16.2. The molecule has 0 spiro atoms. The van der Waals surface area contributed by atoms with E-state index >= 15 is 0 Å². The number of fused-ring (bicyclic) bond motifs is 1. The van der Waals surface area contributed by atoms with E-state index in [2.05, 4.69) is 21.2 Å². The number of benzene rings is 2. The Kier molecular flexibility index (Phi) is 6.30. The predicted octanol–water partition coefficient (Wildman–Crippen LogP) is 3.42. The van der Waals surface area contributed by atoms with Gasteiger partial charge in [0.2, 0.25) is 15.9 Å². The lowest BCUT2D eigenvalue weighted by Crippen LogP contribution is -2.42. The van der Waals surface area contributed by atoms with Gasteiger partial charge in [-0.05, 0) is 66.8 Å². The zero-order valence-electron chi connectivity index (χ0n) is 15.8. The van der Waals surface area contributed by atoms with Crippen molar-refractivity contribution in [3.8, 4) is 5.75 Å². The van der Waals surface area contributed by atoms with Crippen LogP contribution in [0.1, 0.15) is 30.0 Å². The molecular formula is C20H23BrN2O4S. The number of methoxy groups -OCH3 is 1. The van der Waals surface area contributed by atoms with E-state index in [1.54, 1.807) is 31.4 Å². The number of hydrogen-bond acceptors (Lipinski definition) is 4. The van der Waals surface area contributed by atoms with Crippen molar-refractivity contribution in [1.29, 1.82) is 0 Å². The van der Waals surface area contributed by atoms with Gasteiger partial charge in [0.1, 0.15) is 12.3 Å². The molecule has 2 aromatic carbocycles. The number of rotatable bonds is 6. The largest absolute Gasteiger partial charge is 0.497 e. The molecule has 8 heteroatoms. The summed E-state index contributed by atoms with van der Waals surface area (Å²) in [5.41, 5.74) is 2.67. The minimum Gasteiger partial charge on any atom is -0.497 e. The summed E-state index contributed by atoms with van der Waals surface area (Å²) in [6, 6.07) is 12.6. The molecule has 0 bridgehead atoms. The Morgan fingerprint density at radius 3 is 2.61 bits per heavy atom. The van der Waals surface area contributed by atoms with E-state index in [1.165, 1.54) is 0 Å². The van der Waals surface area contributed by atoms with Gasteiger partial charge in [-0.1, -0.05) is 22.0 Å². The smallest absolute Gasteiger partial charge is 0.241 e. The van der Waals surface area contributed by atoms with E-state index in [0.717, 1.165) is 51.2 Å². The number of anilines is 1. The lowest BCUT2D eigenvalue weighted by Gasteiger charge is -2.28. The topological polar surface area (TPSA) is 75.7 Å². The van der Waals surface area contributed by atoms with E-state index in [-0.39, 0.29) is 18.5 Å². The zero-order chi connectivity index (χ0) is 20.3. The highest BCUT2D eigenvalue weighted by molar-refractivity contribution is 9.10. The third-order valence-electron chi connectivity index (χ3n) is 4.80. The number of nitrogens with zero attached hydrogens (tertiary/aromatic N) is 1. The zero-order valence-corrected chi connectivity index (χ0v) is 18.2. The van der Waals surface area contributed by atoms with Crippen LogP contribution in [0.15, 0.2) is 46.9 Å². The number of carbonyl (C=O) groups excluding carboxylic acids is 1. The molecule has 0 fully saturated rings. The van der Waals surface area contributed by atoms with Crippen LogP contribution in [0.25, 0.3) is 0 Å². The maximum absolute atomic E-state index is 12.7. The standard InChI is InChI=1S/C20H23BrN2O4S/c1-27-17-10-11-18-14(12-17)4-3-5-19(18)22-20(24)13-23(28(2,25)26)16-8-6-15(21)7-9-16/h6-12,19H,3-5,13H2,1-2H3,(H,22,24).